The quantitative estimate of drug-likeness (QED) is 0.260. The first kappa shape index (κ1) is 27.4. The summed E-state index contributed by atoms with van der Waals surface area (Å²) < 4.78 is 2.30. The average molecular weight is 462 g/mol. The summed E-state index contributed by atoms with van der Waals surface area (Å²) in [6.45, 7) is 20.2. The molecule has 0 fully saturated rings. The second-order valence-corrected chi connectivity index (χ2v) is 8.01. The molecule has 0 radical (unpaired) electrons. The monoisotopic (exact) mass is 461 g/mol. The Morgan fingerprint density at radius 2 is 1.49 bits per heavy atom. The van der Waals surface area contributed by atoms with Gasteiger partial charge >= 0.3 is 0 Å². The van der Waals surface area contributed by atoms with E-state index < -0.39 is 0 Å². The number of hydrogen-bond acceptors (Lipinski definition) is 0. The van der Waals surface area contributed by atoms with E-state index in [0.29, 0.717) is 0 Å². The Bertz CT molecular complexity index is 1360. The Balaban J connectivity index is 0.000000363. The molecular weight excluding hydrogens is 422 g/mol. The first-order valence-electron chi connectivity index (χ1n) is 12.4. The number of benzene rings is 3. The highest BCUT2D eigenvalue weighted by atomic mass is 15.0. The van der Waals surface area contributed by atoms with E-state index in [-0.39, 0.29) is 0 Å². The van der Waals surface area contributed by atoms with Crippen LogP contribution in [0.2, 0.25) is 0 Å². The van der Waals surface area contributed by atoms with Gasteiger partial charge in [0.25, 0.3) is 0 Å². The van der Waals surface area contributed by atoms with E-state index in [1.807, 2.05) is 45.9 Å². The third-order valence-corrected chi connectivity index (χ3v) is 5.52. The number of hydrogen-bond donors (Lipinski definition) is 0. The Labute approximate surface area is 212 Å². The van der Waals surface area contributed by atoms with E-state index >= 15 is 0 Å². The van der Waals surface area contributed by atoms with Crippen LogP contribution >= 0.6 is 0 Å². The number of nitrogens with zero attached hydrogens (tertiary/aromatic N) is 1. The van der Waals surface area contributed by atoms with Gasteiger partial charge in [0.2, 0.25) is 0 Å². The SMILES string of the molecule is C=C/C=C(\C=C/C)n1c(/C=C\C)c(C=C)c2ccc3ccccc3c21.CC.Cc1cccc(C)c1. The zero-order chi connectivity index (χ0) is 25.8. The lowest BCUT2D eigenvalue weighted by molar-refractivity contribution is 1.16. The molecule has 0 aliphatic carbocycles. The summed E-state index contributed by atoms with van der Waals surface area (Å²) in [4.78, 5) is 0. The highest BCUT2D eigenvalue weighted by Crippen LogP contribution is 2.36. The third-order valence-electron chi connectivity index (χ3n) is 5.52. The maximum Gasteiger partial charge on any atom is 0.0619 e. The smallest absolute Gasteiger partial charge is 0.0619 e. The first-order valence-corrected chi connectivity index (χ1v) is 12.4. The second-order valence-electron chi connectivity index (χ2n) is 8.01. The fraction of sp³-hybridized carbons (Fsp3) is 0.176. The van der Waals surface area contributed by atoms with E-state index in [1.54, 1.807) is 0 Å². The van der Waals surface area contributed by atoms with Crippen molar-refractivity contribution < 1.29 is 0 Å². The molecule has 180 valence electrons. The Morgan fingerprint density at radius 3 is 2.03 bits per heavy atom. The number of allylic oxidation sites excluding steroid dienone is 6. The van der Waals surface area contributed by atoms with E-state index in [2.05, 4.69) is 117 Å². The van der Waals surface area contributed by atoms with Crippen molar-refractivity contribution in [2.75, 3.05) is 0 Å². The van der Waals surface area contributed by atoms with Crippen molar-refractivity contribution in [2.45, 2.75) is 41.5 Å². The van der Waals surface area contributed by atoms with Crippen LogP contribution in [0.15, 0.2) is 104 Å². The van der Waals surface area contributed by atoms with Crippen molar-refractivity contribution in [3.05, 3.63) is 127 Å². The maximum atomic E-state index is 4.06. The van der Waals surface area contributed by atoms with Crippen LogP contribution in [0, 0.1) is 13.8 Å². The summed E-state index contributed by atoms with van der Waals surface area (Å²) in [5.74, 6) is 0. The van der Waals surface area contributed by atoms with Crippen LogP contribution < -0.4 is 0 Å². The van der Waals surface area contributed by atoms with Gasteiger partial charge in [0.1, 0.15) is 0 Å². The van der Waals surface area contributed by atoms with Gasteiger partial charge in [-0.25, -0.2) is 0 Å². The molecule has 0 spiro atoms. The van der Waals surface area contributed by atoms with Crippen molar-refractivity contribution in [3.8, 4) is 0 Å². The molecule has 0 bridgehead atoms. The normalized spacial score (nSPS) is 11.3. The van der Waals surface area contributed by atoms with Crippen molar-refractivity contribution in [3.63, 3.8) is 0 Å². The van der Waals surface area contributed by atoms with E-state index in [9.17, 15) is 0 Å². The lowest BCUT2D eigenvalue weighted by Crippen LogP contribution is -1.98. The maximum absolute atomic E-state index is 4.06. The summed E-state index contributed by atoms with van der Waals surface area (Å²) in [5, 5.41) is 3.68. The summed E-state index contributed by atoms with van der Waals surface area (Å²) >= 11 is 0. The largest absolute Gasteiger partial charge is 0.309 e. The van der Waals surface area contributed by atoms with Crippen LogP contribution in [0.5, 0.6) is 0 Å². The molecule has 0 saturated heterocycles. The van der Waals surface area contributed by atoms with Gasteiger partial charge < -0.3 is 4.57 Å². The zero-order valence-electron chi connectivity index (χ0n) is 22.2. The summed E-state index contributed by atoms with van der Waals surface area (Å²) in [6.07, 6.45) is 14.2. The average Bonchev–Trinajstić information content (AvgIpc) is 3.19. The molecule has 1 aromatic heterocycles. The molecule has 0 atom stereocenters. The minimum atomic E-state index is 1.08. The van der Waals surface area contributed by atoms with Crippen LogP contribution in [-0.4, -0.2) is 4.57 Å². The molecular formula is C34H39N. The molecule has 0 aliphatic heterocycles. The number of aromatic nitrogens is 1. The fourth-order valence-electron chi connectivity index (χ4n) is 4.20. The standard InChI is InChI=1S/C24H23N.C8H10.C2H6/c1-5-11-19(12-6-2)25-23(13-7-3)20(8-4)22-17-16-18-14-9-10-15-21(18)24(22)25;1-7-4-3-5-8(2)6-7;1-2/h5-17H,1,4H2,2-3H3;3-6H,1-2H3;1-2H3/b12-6-,13-7-,19-11+;;. The molecule has 0 saturated carbocycles. The van der Waals surface area contributed by atoms with Crippen molar-refractivity contribution >= 4 is 39.5 Å². The van der Waals surface area contributed by atoms with Gasteiger partial charge in [-0.05, 0) is 51.3 Å². The van der Waals surface area contributed by atoms with Gasteiger partial charge in [-0.3, -0.25) is 0 Å². The van der Waals surface area contributed by atoms with Crippen LogP contribution in [0.4, 0.5) is 0 Å². The van der Waals surface area contributed by atoms with Crippen LogP contribution in [0.1, 0.15) is 50.1 Å². The summed E-state index contributed by atoms with van der Waals surface area (Å²) in [5.41, 5.74) is 7.25. The van der Waals surface area contributed by atoms with Crippen molar-refractivity contribution in [1.82, 2.24) is 4.57 Å². The molecule has 4 rings (SSSR count). The van der Waals surface area contributed by atoms with Gasteiger partial charge in [0.05, 0.1) is 11.2 Å². The molecule has 1 heterocycles. The van der Waals surface area contributed by atoms with Gasteiger partial charge in [0, 0.05) is 22.0 Å². The molecule has 0 unspecified atom stereocenters. The van der Waals surface area contributed by atoms with Crippen molar-refractivity contribution in [1.29, 1.82) is 0 Å². The minimum Gasteiger partial charge on any atom is -0.309 e. The zero-order valence-corrected chi connectivity index (χ0v) is 22.2. The molecule has 3 aromatic carbocycles. The first-order chi connectivity index (χ1) is 17.0. The fourth-order valence-corrected chi connectivity index (χ4v) is 4.20. The topological polar surface area (TPSA) is 4.93 Å². The van der Waals surface area contributed by atoms with Gasteiger partial charge in [-0.1, -0.05) is 123 Å². The lowest BCUT2D eigenvalue weighted by Gasteiger charge is -2.12. The third kappa shape index (κ3) is 6.39. The lowest BCUT2D eigenvalue weighted by atomic mass is 10.0. The molecule has 0 aliphatic rings. The Morgan fingerprint density at radius 1 is 0.800 bits per heavy atom. The van der Waals surface area contributed by atoms with E-state index in [4.69, 9.17) is 0 Å². The van der Waals surface area contributed by atoms with Crippen LogP contribution in [0.25, 0.3) is 39.5 Å². The number of fused-ring (bicyclic) bond motifs is 3. The molecule has 4 aromatic rings. The Kier molecular flexibility index (Phi) is 10.8. The van der Waals surface area contributed by atoms with Crippen LogP contribution in [-0.2, 0) is 0 Å². The molecule has 35 heavy (non-hydrogen) atoms. The van der Waals surface area contributed by atoms with Crippen LogP contribution in [0.3, 0.4) is 0 Å². The van der Waals surface area contributed by atoms with Crippen molar-refractivity contribution in [2.24, 2.45) is 0 Å². The Hall–Kier alpha value is -3.84. The van der Waals surface area contributed by atoms with E-state index in [1.165, 1.54) is 32.8 Å². The molecule has 0 amide bonds. The number of aryl methyl sites for hydroxylation is 2. The summed E-state index contributed by atoms with van der Waals surface area (Å²) in [7, 11) is 0. The second kappa shape index (κ2) is 13.8. The van der Waals surface area contributed by atoms with Gasteiger partial charge in [-0.2, -0.15) is 0 Å². The molecule has 1 heteroatoms. The summed E-state index contributed by atoms with van der Waals surface area (Å²) in [6, 6.07) is 21.3. The predicted octanol–water partition coefficient (Wildman–Crippen LogP) is 10.4. The van der Waals surface area contributed by atoms with Gasteiger partial charge in [-0.15, -0.1) is 0 Å². The van der Waals surface area contributed by atoms with Gasteiger partial charge in [0.15, 0.2) is 0 Å². The molecule has 0 N–H and O–H groups in total. The highest BCUT2D eigenvalue weighted by molar-refractivity contribution is 6.11. The van der Waals surface area contributed by atoms with E-state index in [0.717, 1.165) is 17.0 Å². The number of rotatable bonds is 5. The minimum absolute atomic E-state index is 1.08. The predicted molar refractivity (Wildman–Crippen MR) is 161 cm³/mol. The highest BCUT2D eigenvalue weighted by Gasteiger charge is 2.17. The molecule has 1 nitrogen and oxygen atoms in total.